The Balaban J connectivity index is -0.0000000760. The Hall–Kier alpha value is -1.79. The Labute approximate surface area is 143 Å². The minimum Gasteiger partial charge on any atom is 0 e. The number of hydrogen-bond donors (Lipinski definition) is 1. The molecule has 1 aromatic carbocycles. The number of para-hydroxylation sites is 2. The zero-order valence-electron chi connectivity index (χ0n) is 11.4. The minimum absolute atomic E-state index is 0. The predicted molar refractivity (Wildman–Crippen MR) is 66.0 cm³/mol. The molecule has 8 heteroatoms. The van der Waals surface area contributed by atoms with Gasteiger partial charge in [-0.2, -0.15) is 0 Å². The van der Waals surface area contributed by atoms with E-state index in [0.717, 1.165) is 12.2 Å². The third-order valence-corrected chi connectivity index (χ3v) is 1.84. The maximum atomic E-state index is 7.50. The van der Waals surface area contributed by atoms with E-state index in [1.807, 2.05) is 12.1 Å². The van der Waals surface area contributed by atoms with Crippen LogP contribution < -0.4 is 10.2 Å². The molecule has 0 aliphatic carbocycles. The smallest absolute Gasteiger partial charge is 0 e. The summed E-state index contributed by atoms with van der Waals surface area (Å²) < 4.78 is 37.5. The van der Waals surface area contributed by atoms with Crippen LogP contribution in [-0.2, 0) is 44.3 Å². The van der Waals surface area contributed by atoms with Crippen molar-refractivity contribution < 1.29 is 44.3 Å². The predicted octanol–water partition coefficient (Wildman–Crippen LogP) is 1.74. The Morgan fingerprint density at radius 1 is 0.909 bits per heavy atom. The molecule has 1 aliphatic heterocycles. The van der Waals surface area contributed by atoms with Gasteiger partial charge in [0.2, 0.25) is 6.67 Å². The van der Waals surface area contributed by atoms with Gasteiger partial charge in [0.15, 0.2) is 0 Å². The zero-order valence-corrected chi connectivity index (χ0v) is 14.3. The van der Waals surface area contributed by atoms with Gasteiger partial charge in [-0.1, -0.05) is 12.1 Å². The molecule has 112 valence electrons. The van der Waals surface area contributed by atoms with E-state index in [1.54, 1.807) is 0 Å². The number of nitrogens with zero attached hydrogens (tertiary/aromatic N) is 1. The molecule has 0 bridgehead atoms. The van der Waals surface area contributed by atoms with Gasteiger partial charge in [0.1, 0.15) is 0 Å². The first-order chi connectivity index (χ1) is 10.4. The van der Waals surface area contributed by atoms with Crippen LogP contribution in [-0.4, -0.2) is 6.54 Å². The summed E-state index contributed by atoms with van der Waals surface area (Å²) in [4.78, 5) is 2.06. The number of rotatable bonds is 1. The van der Waals surface area contributed by atoms with Crippen molar-refractivity contribution in [2.24, 2.45) is 0 Å². The maximum Gasteiger partial charge on any atom is 0 e. The van der Waals surface area contributed by atoms with Gasteiger partial charge in [-0.15, -0.1) is 0 Å². The summed E-state index contributed by atoms with van der Waals surface area (Å²) in [6.45, 7) is 28.6. The Morgan fingerprint density at radius 3 is 1.73 bits per heavy atom. The molecule has 1 N–H and O–H groups in total. The molecule has 0 unspecified atom stereocenters. The van der Waals surface area contributed by atoms with Crippen LogP contribution in [0.1, 0.15) is 6.92 Å². The van der Waals surface area contributed by atoms with Crippen LogP contribution in [0.3, 0.4) is 0 Å². The Kier molecular flexibility index (Phi) is 46.2. The molecule has 0 saturated heterocycles. The summed E-state index contributed by atoms with van der Waals surface area (Å²) in [5.74, 6) is 0. The summed E-state index contributed by atoms with van der Waals surface area (Å²) in [5, 5.41) is 3.08. The normalized spacial score (nSPS) is 7.68. The first kappa shape index (κ1) is 32.2. The second kappa shape index (κ2) is 31.5. The molecule has 2 rings (SSSR count). The van der Waals surface area contributed by atoms with Crippen LogP contribution >= 0.6 is 0 Å². The molecule has 7 nitrogen and oxygen atoms in total. The molecule has 0 amide bonds. The van der Waals surface area contributed by atoms with Gasteiger partial charge in [0, 0.05) is 27.6 Å². The average Bonchev–Trinajstić information content (AvgIpc) is 3.07. The van der Waals surface area contributed by atoms with Crippen molar-refractivity contribution in [1.29, 1.82) is 0 Å². The van der Waals surface area contributed by atoms with Gasteiger partial charge in [0.05, 0.1) is 11.4 Å². The van der Waals surface area contributed by atoms with E-state index < -0.39 is 0 Å². The van der Waals surface area contributed by atoms with E-state index in [4.69, 9.17) is 23.3 Å². The fourth-order valence-corrected chi connectivity index (χ4v) is 1.25. The van der Waals surface area contributed by atoms with Crippen LogP contribution in [0.2, 0.25) is 0 Å². The van der Waals surface area contributed by atoms with Crippen molar-refractivity contribution in [2.75, 3.05) is 16.8 Å². The van der Waals surface area contributed by atoms with E-state index in [9.17, 15) is 0 Å². The second-order valence-electron chi connectivity index (χ2n) is 2.50. The summed E-state index contributed by atoms with van der Waals surface area (Å²) >= 11 is 0. The molecule has 1 aliphatic rings. The third-order valence-electron chi connectivity index (χ3n) is 1.84. The van der Waals surface area contributed by atoms with Gasteiger partial charge in [-0.25, -0.2) is 0 Å². The van der Waals surface area contributed by atoms with Gasteiger partial charge in [0.25, 0.3) is 0 Å². The quantitative estimate of drug-likeness (QED) is 0.498. The van der Waals surface area contributed by atoms with Gasteiger partial charge >= 0.3 is 56.5 Å². The van der Waals surface area contributed by atoms with Crippen LogP contribution in [0.25, 0.3) is 0 Å². The average molecular weight is 470 g/mol. The van der Waals surface area contributed by atoms with Gasteiger partial charge in [-0.05, 0) is 19.1 Å². The fourth-order valence-electron chi connectivity index (χ4n) is 1.25. The van der Waals surface area contributed by atoms with E-state index >= 15 is 0 Å². The minimum atomic E-state index is 0. The first-order valence-electron chi connectivity index (χ1n) is 4.82. The summed E-state index contributed by atoms with van der Waals surface area (Å²) in [6, 6.07) is 8.20. The third kappa shape index (κ3) is 13.2. The standard InChI is InChI=1S/C9H10N2.5CO.W/c1-2-11-7-10-8-5-3-4-6-9(8)11;5*1-2;/h3-6,10H,2H2,1H3;;;;;;. The van der Waals surface area contributed by atoms with Gasteiger partial charge in [-0.3, -0.25) is 0 Å². The van der Waals surface area contributed by atoms with Crippen LogP contribution in [0.4, 0.5) is 11.4 Å². The van der Waals surface area contributed by atoms with E-state index in [-0.39, 0.29) is 21.1 Å². The molecule has 0 fully saturated rings. The van der Waals surface area contributed by atoms with E-state index in [1.165, 1.54) is 5.69 Å². The molecule has 0 spiro atoms. The Morgan fingerprint density at radius 2 is 1.32 bits per heavy atom. The van der Waals surface area contributed by atoms with Crippen LogP contribution in [0.5, 0.6) is 0 Å². The molecule has 1 heterocycles. The fraction of sp³-hybridized carbons (Fsp3) is 0.143. The molecule has 0 saturated carbocycles. The van der Waals surface area contributed by atoms with Crippen molar-refractivity contribution in [3.8, 4) is 0 Å². The molecule has 0 aromatic heterocycles. The van der Waals surface area contributed by atoms with Gasteiger partial charge < -0.3 is 10.2 Å². The maximum absolute atomic E-state index is 7.50. The molecule has 1 aromatic rings. The molecule has 0 atom stereocenters. The van der Waals surface area contributed by atoms with Crippen LogP contribution in [0.15, 0.2) is 24.3 Å². The van der Waals surface area contributed by atoms with Crippen molar-refractivity contribution in [3.05, 3.63) is 64.2 Å². The van der Waals surface area contributed by atoms with Crippen molar-refractivity contribution in [1.82, 2.24) is 0 Å². The molecule has 22 heavy (non-hydrogen) atoms. The summed E-state index contributed by atoms with van der Waals surface area (Å²) in [5.41, 5.74) is 2.37. The van der Waals surface area contributed by atoms with E-state index in [0.29, 0.717) is 0 Å². The van der Waals surface area contributed by atoms with Crippen LogP contribution in [0, 0.1) is 39.9 Å². The first-order valence-corrected chi connectivity index (χ1v) is 4.82. The van der Waals surface area contributed by atoms with Crippen molar-refractivity contribution in [2.45, 2.75) is 6.92 Å². The molecular formula is C14H10N2O5W. The summed E-state index contributed by atoms with van der Waals surface area (Å²) in [6.07, 6.45) is 0. The summed E-state index contributed by atoms with van der Waals surface area (Å²) in [7, 11) is 0. The second-order valence-corrected chi connectivity index (χ2v) is 2.50. The van der Waals surface area contributed by atoms with Crippen molar-refractivity contribution in [3.63, 3.8) is 0 Å². The number of fused-ring (bicyclic) bond motifs is 1. The topological polar surface area (TPSA) is 115 Å². The number of hydrogen-bond acceptors (Lipinski definition) is 2. The molecular weight excluding hydrogens is 460 g/mol. The van der Waals surface area contributed by atoms with Crippen molar-refractivity contribution >= 4 is 11.4 Å². The Bertz CT molecular complexity index is 420. The molecule has 2 radical (unpaired) electrons. The SMILES string of the molecule is CCN1[C]Nc2ccccc21.[C-]#[O+].[C-]#[O+].[C-]#[O+].[C-]#[O+].[C-]#[O+].[W]. The number of nitrogens with one attached hydrogen (secondary N) is 1. The zero-order chi connectivity index (χ0) is 17.7. The van der Waals surface area contributed by atoms with E-state index in [2.05, 4.69) is 69.2 Å². The largest absolute Gasteiger partial charge is 0 e. The number of anilines is 2. The number of benzene rings is 1. The monoisotopic (exact) mass is 470 g/mol.